The Hall–Kier alpha value is -1.48. The predicted octanol–water partition coefficient (Wildman–Crippen LogP) is 7.96. The van der Waals surface area contributed by atoms with E-state index >= 15 is 0 Å². The fourth-order valence-corrected chi connectivity index (χ4v) is 5.68. The Balaban J connectivity index is 1.66. The molecule has 8 heteroatoms. The maximum atomic E-state index is 12.2. The minimum atomic E-state index is -0.241. The molecule has 0 spiro atoms. The first-order chi connectivity index (χ1) is 20.6. The first-order valence-corrected chi connectivity index (χ1v) is 16.9. The van der Waals surface area contributed by atoms with Gasteiger partial charge in [-0.3, -0.25) is 9.59 Å². The summed E-state index contributed by atoms with van der Waals surface area (Å²) in [6.07, 6.45) is 22.3. The molecule has 2 aliphatic heterocycles. The molecule has 2 unspecified atom stereocenters. The van der Waals surface area contributed by atoms with Crippen LogP contribution in [0.3, 0.4) is 0 Å². The molecule has 0 aromatic heterocycles. The van der Waals surface area contributed by atoms with Crippen molar-refractivity contribution in [3.05, 3.63) is 11.1 Å². The first kappa shape index (κ1) is 36.7. The number of hydrogen-bond donors (Lipinski definition) is 0. The molecule has 0 aromatic carbocycles. The van der Waals surface area contributed by atoms with E-state index in [0.717, 1.165) is 140 Å². The number of rotatable bonds is 24. The maximum Gasteiger partial charge on any atom is 0.309 e. The highest BCUT2D eigenvalue weighted by molar-refractivity contribution is 5.75. The molecular weight excluding hydrogens is 536 g/mol. The Morgan fingerprint density at radius 3 is 1.29 bits per heavy atom. The summed E-state index contributed by atoms with van der Waals surface area (Å²) in [6.45, 7) is 3.20. The Morgan fingerprint density at radius 2 is 0.929 bits per heavy atom. The lowest BCUT2D eigenvalue weighted by Crippen LogP contribution is -2.22. The van der Waals surface area contributed by atoms with Gasteiger partial charge in [0.15, 0.2) is 12.6 Å². The Morgan fingerprint density at radius 1 is 0.548 bits per heavy atom. The molecule has 0 amide bonds. The Labute approximate surface area is 255 Å². The number of esters is 2. The van der Waals surface area contributed by atoms with Crippen LogP contribution in [0.25, 0.3) is 0 Å². The number of carbonyl (C=O) groups excluding carboxylic acids is 2. The smallest absolute Gasteiger partial charge is 0.309 e. The molecule has 2 atom stereocenters. The van der Waals surface area contributed by atoms with E-state index in [-0.39, 0.29) is 37.4 Å². The Kier molecular flexibility index (Phi) is 21.8. The standard InChI is InChI=1S/C34H60O8/c1-37-31(35)27-29(19-11-7-3-5-9-15-23-39-33-21-13-17-25-41-33)30(28-32(36)38-2)20-12-8-4-6-10-16-24-40-34-22-14-18-26-42-34/h33-34H,3-28H2,1-2H3. The molecule has 2 fully saturated rings. The van der Waals surface area contributed by atoms with Gasteiger partial charge in [0.2, 0.25) is 0 Å². The summed E-state index contributed by atoms with van der Waals surface area (Å²) in [5, 5.41) is 0. The molecule has 0 aromatic rings. The van der Waals surface area contributed by atoms with Gasteiger partial charge in [-0.2, -0.15) is 0 Å². The van der Waals surface area contributed by atoms with Crippen LogP contribution in [-0.4, -0.2) is 65.2 Å². The van der Waals surface area contributed by atoms with Crippen molar-refractivity contribution in [1.82, 2.24) is 0 Å². The summed E-state index contributed by atoms with van der Waals surface area (Å²) in [6, 6.07) is 0. The van der Waals surface area contributed by atoms with Crippen LogP contribution in [0, 0.1) is 0 Å². The van der Waals surface area contributed by atoms with Gasteiger partial charge < -0.3 is 28.4 Å². The molecule has 2 rings (SSSR count). The van der Waals surface area contributed by atoms with E-state index in [1.807, 2.05) is 0 Å². The average Bonchev–Trinajstić information content (AvgIpc) is 3.02. The fourth-order valence-electron chi connectivity index (χ4n) is 5.68. The summed E-state index contributed by atoms with van der Waals surface area (Å²) < 4.78 is 32.9. The van der Waals surface area contributed by atoms with Gasteiger partial charge in [0.25, 0.3) is 0 Å². The highest BCUT2D eigenvalue weighted by Crippen LogP contribution is 2.26. The van der Waals surface area contributed by atoms with E-state index in [1.54, 1.807) is 0 Å². The van der Waals surface area contributed by atoms with Crippen LogP contribution in [0.2, 0.25) is 0 Å². The van der Waals surface area contributed by atoms with Crippen molar-refractivity contribution in [1.29, 1.82) is 0 Å². The molecule has 0 N–H and O–H groups in total. The molecule has 0 bridgehead atoms. The minimum Gasteiger partial charge on any atom is -0.469 e. The fraction of sp³-hybridized carbons (Fsp3) is 0.882. The molecule has 0 radical (unpaired) electrons. The summed E-state index contributed by atoms with van der Waals surface area (Å²) in [7, 11) is 2.86. The second kappa shape index (κ2) is 24.9. The normalized spacial score (nSPS) is 19.8. The van der Waals surface area contributed by atoms with Crippen molar-refractivity contribution in [2.24, 2.45) is 0 Å². The van der Waals surface area contributed by atoms with Crippen LogP contribution >= 0.6 is 0 Å². The summed E-state index contributed by atoms with van der Waals surface area (Å²) in [5.74, 6) is -0.481. The van der Waals surface area contributed by atoms with Crippen LogP contribution in [0.1, 0.15) is 141 Å². The van der Waals surface area contributed by atoms with Crippen molar-refractivity contribution < 1.29 is 38.0 Å². The summed E-state index contributed by atoms with van der Waals surface area (Å²) in [4.78, 5) is 24.4. The number of unbranched alkanes of at least 4 members (excludes halogenated alkanes) is 10. The van der Waals surface area contributed by atoms with Crippen molar-refractivity contribution in [3.63, 3.8) is 0 Å². The maximum absolute atomic E-state index is 12.2. The highest BCUT2D eigenvalue weighted by Gasteiger charge is 2.17. The van der Waals surface area contributed by atoms with Gasteiger partial charge in [-0.15, -0.1) is 0 Å². The van der Waals surface area contributed by atoms with Crippen molar-refractivity contribution in [2.75, 3.05) is 40.6 Å². The third kappa shape index (κ3) is 18.2. The van der Waals surface area contributed by atoms with Crippen LogP contribution in [0.4, 0.5) is 0 Å². The quantitative estimate of drug-likeness (QED) is 0.0630. The summed E-state index contributed by atoms with van der Waals surface area (Å²) in [5.41, 5.74) is 2.13. The van der Waals surface area contributed by atoms with Crippen LogP contribution in [0.5, 0.6) is 0 Å². The number of hydrogen-bond acceptors (Lipinski definition) is 8. The van der Waals surface area contributed by atoms with Crippen molar-refractivity contribution in [3.8, 4) is 0 Å². The molecule has 8 nitrogen and oxygen atoms in total. The molecule has 0 aliphatic carbocycles. The monoisotopic (exact) mass is 596 g/mol. The molecule has 0 saturated carbocycles. The zero-order valence-electron chi connectivity index (χ0n) is 26.8. The van der Waals surface area contributed by atoms with Gasteiger partial charge >= 0.3 is 11.9 Å². The molecule has 2 heterocycles. The number of ether oxygens (including phenoxy) is 6. The van der Waals surface area contributed by atoms with Crippen molar-refractivity contribution >= 4 is 11.9 Å². The SMILES string of the molecule is COC(=O)CC(CCCCCCCCOC1CCCCO1)=C(CCCCCCCCOC1CCCCO1)CC(=O)OC. The van der Waals surface area contributed by atoms with Gasteiger partial charge in [0.05, 0.1) is 27.1 Å². The van der Waals surface area contributed by atoms with E-state index in [2.05, 4.69) is 0 Å². The van der Waals surface area contributed by atoms with Crippen LogP contribution in [-0.2, 0) is 38.0 Å². The molecule has 2 saturated heterocycles. The predicted molar refractivity (Wildman–Crippen MR) is 164 cm³/mol. The van der Waals surface area contributed by atoms with E-state index < -0.39 is 0 Å². The van der Waals surface area contributed by atoms with E-state index in [4.69, 9.17) is 28.4 Å². The third-order valence-electron chi connectivity index (χ3n) is 8.30. The lowest BCUT2D eigenvalue weighted by Gasteiger charge is -2.22. The minimum absolute atomic E-state index is 0.00432. The number of carbonyl (C=O) groups is 2. The van der Waals surface area contributed by atoms with Gasteiger partial charge in [0, 0.05) is 26.4 Å². The van der Waals surface area contributed by atoms with Crippen LogP contribution < -0.4 is 0 Å². The Bertz CT molecular complexity index is 665. The van der Waals surface area contributed by atoms with Gasteiger partial charge in [-0.1, -0.05) is 62.5 Å². The number of methoxy groups -OCH3 is 2. The summed E-state index contributed by atoms with van der Waals surface area (Å²) >= 11 is 0. The second-order valence-corrected chi connectivity index (χ2v) is 11.8. The van der Waals surface area contributed by atoms with E-state index in [9.17, 15) is 9.59 Å². The zero-order chi connectivity index (χ0) is 30.1. The van der Waals surface area contributed by atoms with Gasteiger partial charge in [-0.25, -0.2) is 0 Å². The highest BCUT2D eigenvalue weighted by atomic mass is 16.7. The zero-order valence-corrected chi connectivity index (χ0v) is 26.8. The lowest BCUT2D eigenvalue weighted by molar-refractivity contribution is -0.163. The largest absolute Gasteiger partial charge is 0.469 e. The third-order valence-corrected chi connectivity index (χ3v) is 8.30. The molecule has 244 valence electrons. The molecule has 2 aliphatic rings. The van der Waals surface area contributed by atoms with E-state index in [0.29, 0.717) is 0 Å². The average molecular weight is 597 g/mol. The van der Waals surface area contributed by atoms with Crippen molar-refractivity contribution in [2.45, 2.75) is 154 Å². The first-order valence-electron chi connectivity index (χ1n) is 16.9. The van der Waals surface area contributed by atoms with E-state index in [1.165, 1.54) is 39.9 Å². The second-order valence-electron chi connectivity index (χ2n) is 11.8. The van der Waals surface area contributed by atoms with Gasteiger partial charge in [0.1, 0.15) is 0 Å². The lowest BCUT2D eigenvalue weighted by atomic mass is 9.92. The van der Waals surface area contributed by atoms with Crippen LogP contribution in [0.15, 0.2) is 11.1 Å². The topological polar surface area (TPSA) is 89.5 Å². The van der Waals surface area contributed by atoms with Gasteiger partial charge in [-0.05, 0) is 77.0 Å². The molecular formula is C34H60O8. The molecule has 42 heavy (non-hydrogen) atoms.